The van der Waals surface area contributed by atoms with E-state index in [9.17, 15) is 0 Å². The highest BCUT2D eigenvalue weighted by Gasteiger charge is 2.14. The van der Waals surface area contributed by atoms with E-state index in [4.69, 9.17) is 4.99 Å². The van der Waals surface area contributed by atoms with Crippen molar-refractivity contribution in [2.24, 2.45) is 10.9 Å². The summed E-state index contributed by atoms with van der Waals surface area (Å²) in [6.45, 7) is 2.11. The van der Waals surface area contributed by atoms with Crippen molar-refractivity contribution < 1.29 is 0 Å². The molecule has 142 valence electrons. The third kappa shape index (κ3) is 7.52. The van der Waals surface area contributed by atoms with Gasteiger partial charge >= 0.3 is 0 Å². The average molecular weight is 461 g/mol. The Morgan fingerprint density at radius 3 is 2.44 bits per heavy atom. The van der Waals surface area contributed by atoms with Crippen LogP contribution in [0.25, 0.3) is 0 Å². The molecule has 0 amide bonds. The molecule has 0 aromatic heterocycles. The molecule has 0 spiro atoms. The van der Waals surface area contributed by atoms with Crippen molar-refractivity contribution in [3.8, 4) is 0 Å². The molecule has 0 aliphatic heterocycles. The van der Waals surface area contributed by atoms with Gasteiger partial charge in [-0.2, -0.15) is 0 Å². The molecule has 1 aliphatic rings. The Kier molecular flexibility index (Phi) is 8.56. The average Bonchev–Trinajstić information content (AvgIpc) is 2.70. The van der Waals surface area contributed by atoms with E-state index in [0.717, 1.165) is 21.1 Å². The van der Waals surface area contributed by atoms with Crippen molar-refractivity contribution in [3.05, 3.63) is 70.1 Å². The number of benzene rings is 2. The molecule has 0 radical (unpaired) electrons. The van der Waals surface area contributed by atoms with Crippen molar-refractivity contribution in [1.29, 1.82) is 0 Å². The highest BCUT2D eigenvalue weighted by atomic mass is 79.9. The van der Waals surface area contributed by atoms with E-state index in [2.05, 4.69) is 82.9 Å². The number of aryl methyl sites for hydroxylation is 1. The molecule has 1 aliphatic carbocycles. The van der Waals surface area contributed by atoms with Crippen LogP contribution in [0.15, 0.2) is 74.4 Å². The van der Waals surface area contributed by atoms with E-state index < -0.39 is 0 Å². The second kappa shape index (κ2) is 11.1. The third-order valence-corrected chi connectivity index (χ3v) is 7.20. The maximum Gasteiger partial charge on any atom is 0.0972 e. The molecule has 1 nitrogen and oxygen atoms in total. The Morgan fingerprint density at radius 2 is 1.74 bits per heavy atom. The van der Waals surface area contributed by atoms with Crippen molar-refractivity contribution in [2.75, 3.05) is 5.75 Å². The van der Waals surface area contributed by atoms with Gasteiger partial charge in [-0.25, -0.2) is 4.99 Å². The van der Waals surface area contributed by atoms with E-state index in [0.29, 0.717) is 0 Å². The molecule has 27 heavy (non-hydrogen) atoms. The second-order valence-corrected chi connectivity index (χ2v) is 9.91. The van der Waals surface area contributed by atoms with Crippen LogP contribution >= 0.6 is 39.5 Å². The molecule has 0 bridgehead atoms. The van der Waals surface area contributed by atoms with E-state index in [1.807, 2.05) is 11.8 Å². The van der Waals surface area contributed by atoms with Crippen LogP contribution in [0.4, 0.5) is 5.69 Å². The monoisotopic (exact) mass is 459 g/mol. The zero-order valence-corrected chi connectivity index (χ0v) is 19.0. The van der Waals surface area contributed by atoms with Gasteiger partial charge in [-0.05, 0) is 73.6 Å². The first kappa shape index (κ1) is 20.8. The van der Waals surface area contributed by atoms with Gasteiger partial charge in [-0.15, -0.1) is 11.8 Å². The van der Waals surface area contributed by atoms with Crippen LogP contribution in [0.3, 0.4) is 0 Å². The minimum absolute atomic E-state index is 0.847. The number of hydrogen-bond acceptors (Lipinski definition) is 3. The zero-order valence-electron chi connectivity index (χ0n) is 15.7. The molecule has 0 heterocycles. The van der Waals surface area contributed by atoms with Gasteiger partial charge in [0.05, 0.1) is 10.7 Å². The summed E-state index contributed by atoms with van der Waals surface area (Å²) in [4.78, 5) is 6.14. The van der Waals surface area contributed by atoms with Gasteiger partial charge in [-0.1, -0.05) is 64.7 Å². The van der Waals surface area contributed by atoms with Crippen LogP contribution < -0.4 is 0 Å². The lowest BCUT2D eigenvalue weighted by Crippen LogP contribution is -2.09. The van der Waals surface area contributed by atoms with Crippen LogP contribution in [0.5, 0.6) is 0 Å². The fourth-order valence-corrected chi connectivity index (χ4v) is 5.18. The highest BCUT2D eigenvalue weighted by molar-refractivity contribution is 9.10. The molecule has 2 aromatic rings. The lowest BCUT2D eigenvalue weighted by atomic mass is 9.91. The third-order valence-electron chi connectivity index (χ3n) is 4.69. The summed E-state index contributed by atoms with van der Waals surface area (Å²) in [7, 11) is 0. The largest absolute Gasteiger partial charge is 0.242 e. The van der Waals surface area contributed by atoms with E-state index in [-0.39, 0.29) is 0 Å². The SMILES string of the molecule is Cc1ccc(N=C(C=CSc2ccc(Br)cc2)SCC2CCCCC2)cc1. The van der Waals surface area contributed by atoms with Gasteiger partial charge in [0.2, 0.25) is 0 Å². The lowest BCUT2D eigenvalue weighted by molar-refractivity contribution is 0.391. The smallest absolute Gasteiger partial charge is 0.0972 e. The van der Waals surface area contributed by atoms with E-state index in [1.165, 1.54) is 48.3 Å². The number of halogens is 1. The molecule has 0 saturated heterocycles. The standard InChI is InChI=1S/C23H26BrNS2/c1-18-7-11-21(12-8-18)25-23(27-17-19-5-3-2-4-6-19)15-16-26-22-13-9-20(24)10-14-22/h7-16,19H,2-6,17H2,1H3. The summed E-state index contributed by atoms with van der Waals surface area (Å²) in [6.07, 6.45) is 9.12. The highest BCUT2D eigenvalue weighted by Crippen LogP contribution is 2.29. The van der Waals surface area contributed by atoms with Crippen molar-refractivity contribution in [2.45, 2.75) is 43.9 Å². The van der Waals surface area contributed by atoms with Crippen molar-refractivity contribution >= 4 is 50.2 Å². The first-order valence-electron chi connectivity index (χ1n) is 9.56. The van der Waals surface area contributed by atoms with Crippen LogP contribution in [-0.4, -0.2) is 10.8 Å². The molecule has 2 aromatic carbocycles. The zero-order chi connectivity index (χ0) is 18.9. The Morgan fingerprint density at radius 1 is 1.04 bits per heavy atom. The van der Waals surface area contributed by atoms with E-state index >= 15 is 0 Å². The maximum absolute atomic E-state index is 4.90. The number of aliphatic imine (C=N–C) groups is 1. The summed E-state index contributed by atoms with van der Waals surface area (Å²) in [5.41, 5.74) is 2.30. The minimum Gasteiger partial charge on any atom is -0.242 e. The Balaban J connectivity index is 1.66. The maximum atomic E-state index is 4.90. The number of rotatable bonds is 6. The Labute approximate surface area is 180 Å². The first-order valence-corrected chi connectivity index (χ1v) is 12.2. The van der Waals surface area contributed by atoms with Gasteiger partial charge in [0.1, 0.15) is 0 Å². The molecule has 3 rings (SSSR count). The molecule has 1 saturated carbocycles. The normalized spacial score (nSPS) is 16.1. The molecule has 0 unspecified atom stereocenters. The topological polar surface area (TPSA) is 12.4 Å². The van der Waals surface area contributed by atoms with Crippen LogP contribution in [-0.2, 0) is 0 Å². The predicted octanol–water partition coefficient (Wildman–Crippen LogP) is 8.41. The van der Waals surface area contributed by atoms with Crippen LogP contribution in [0.2, 0.25) is 0 Å². The number of thioether (sulfide) groups is 2. The summed E-state index contributed by atoms with van der Waals surface area (Å²) in [5.74, 6) is 2.03. The molecular formula is C23H26BrNS2. The lowest BCUT2D eigenvalue weighted by Gasteiger charge is -2.20. The predicted molar refractivity (Wildman–Crippen MR) is 126 cm³/mol. The number of hydrogen-bond donors (Lipinski definition) is 0. The van der Waals surface area contributed by atoms with Gasteiger partial charge in [0, 0.05) is 15.1 Å². The van der Waals surface area contributed by atoms with Crippen molar-refractivity contribution in [3.63, 3.8) is 0 Å². The summed E-state index contributed by atoms with van der Waals surface area (Å²) < 4.78 is 1.11. The van der Waals surface area contributed by atoms with Crippen molar-refractivity contribution in [1.82, 2.24) is 0 Å². The Bertz CT molecular complexity index is 760. The Hall–Kier alpha value is -0.970. The second-order valence-electron chi connectivity index (χ2n) is 6.98. The van der Waals surface area contributed by atoms with Gasteiger partial charge < -0.3 is 0 Å². The molecule has 0 N–H and O–H groups in total. The van der Waals surface area contributed by atoms with Crippen LogP contribution in [0.1, 0.15) is 37.7 Å². The van der Waals surface area contributed by atoms with Crippen LogP contribution in [0, 0.1) is 12.8 Å². The molecular weight excluding hydrogens is 434 g/mol. The van der Waals surface area contributed by atoms with Gasteiger partial charge in [0.25, 0.3) is 0 Å². The summed E-state index contributed by atoms with van der Waals surface area (Å²) in [5, 5.41) is 3.26. The first-order chi connectivity index (χ1) is 13.2. The number of nitrogens with zero attached hydrogens (tertiary/aromatic N) is 1. The van der Waals surface area contributed by atoms with Gasteiger partial charge in [0.15, 0.2) is 0 Å². The minimum atomic E-state index is 0.847. The fraction of sp³-hybridized carbons (Fsp3) is 0.348. The molecule has 1 fully saturated rings. The summed E-state index contributed by atoms with van der Waals surface area (Å²) in [6, 6.07) is 16.9. The molecule has 0 atom stereocenters. The quantitative estimate of drug-likeness (QED) is 0.244. The van der Waals surface area contributed by atoms with Gasteiger partial charge in [-0.3, -0.25) is 0 Å². The fourth-order valence-electron chi connectivity index (χ4n) is 3.11. The molecule has 4 heteroatoms. The van der Waals surface area contributed by atoms with E-state index in [1.54, 1.807) is 11.8 Å². The summed E-state index contributed by atoms with van der Waals surface area (Å²) >= 11 is 7.13.